The average Bonchev–Trinajstić information content (AvgIpc) is 2.27. The molecule has 1 aromatic carbocycles. The molecule has 1 aromatic rings. The van der Waals surface area contributed by atoms with Crippen LogP contribution in [0.3, 0.4) is 0 Å². The number of ether oxygens (including phenoxy) is 1. The van der Waals surface area contributed by atoms with Crippen LogP contribution < -0.4 is 5.32 Å². The first kappa shape index (κ1) is 13.6. The van der Waals surface area contributed by atoms with E-state index in [4.69, 9.17) is 10.00 Å². The number of carbonyl (C=O) groups is 1. The molecule has 18 heavy (non-hydrogen) atoms. The topological polar surface area (TPSA) is 91.5 Å². The zero-order chi connectivity index (χ0) is 13.8. The van der Waals surface area contributed by atoms with E-state index >= 15 is 0 Å². The van der Waals surface area contributed by atoms with Gasteiger partial charge >= 0.3 is 6.09 Å². The molecule has 0 aromatic heterocycles. The van der Waals surface area contributed by atoms with Crippen molar-refractivity contribution in [3.05, 3.63) is 28.7 Å². The molecule has 0 radical (unpaired) electrons. The van der Waals surface area contributed by atoms with Gasteiger partial charge in [0.05, 0.1) is 17.3 Å². The molecule has 0 bridgehead atoms. The number of hydrogen-bond acceptors (Lipinski definition) is 5. The van der Waals surface area contributed by atoms with Gasteiger partial charge in [0.2, 0.25) is 0 Å². The number of rotatable bonds is 2. The standard InChI is InChI=1S/C12H13N3O3/c1-12(2,3)18-11(16)14-9-5-4-8(7-13)6-10(9)15-17/h4-6H,1-3H3,(H,14,16). The Hall–Kier alpha value is -2.42. The maximum Gasteiger partial charge on any atom is 0.412 e. The predicted octanol–water partition coefficient (Wildman–Crippen LogP) is 3.30. The Morgan fingerprint density at radius 3 is 2.61 bits per heavy atom. The van der Waals surface area contributed by atoms with Crippen molar-refractivity contribution in [2.75, 3.05) is 5.32 Å². The predicted molar refractivity (Wildman–Crippen MR) is 66.5 cm³/mol. The van der Waals surface area contributed by atoms with Gasteiger partial charge in [-0.05, 0) is 44.1 Å². The largest absolute Gasteiger partial charge is 0.444 e. The van der Waals surface area contributed by atoms with Crippen LogP contribution in [0.15, 0.2) is 23.4 Å². The lowest BCUT2D eigenvalue weighted by Gasteiger charge is -2.19. The summed E-state index contributed by atoms with van der Waals surface area (Å²) < 4.78 is 5.04. The minimum absolute atomic E-state index is 0.0140. The quantitative estimate of drug-likeness (QED) is 0.811. The molecule has 1 amide bonds. The molecule has 6 heteroatoms. The van der Waals surface area contributed by atoms with Crippen molar-refractivity contribution in [2.24, 2.45) is 5.18 Å². The van der Waals surface area contributed by atoms with Gasteiger partial charge in [-0.3, -0.25) is 5.32 Å². The molecule has 0 saturated carbocycles. The van der Waals surface area contributed by atoms with E-state index in [1.807, 2.05) is 6.07 Å². The van der Waals surface area contributed by atoms with Gasteiger partial charge in [-0.25, -0.2) is 4.79 Å². The SMILES string of the molecule is CC(C)(C)OC(=O)Nc1ccc(C#N)cc1N=O. The fourth-order valence-electron chi connectivity index (χ4n) is 1.20. The molecule has 1 N–H and O–H groups in total. The van der Waals surface area contributed by atoms with Crippen LogP contribution >= 0.6 is 0 Å². The van der Waals surface area contributed by atoms with Gasteiger partial charge < -0.3 is 4.74 Å². The number of anilines is 1. The van der Waals surface area contributed by atoms with Crippen LogP contribution in [0.4, 0.5) is 16.2 Å². The fraction of sp³-hybridized carbons (Fsp3) is 0.333. The van der Waals surface area contributed by atoms with E-state index < -0.39 is 11.7 Å². The Kier molecular flexibility index (Phi) is 4.00. The summed E-state index contributed by atoms with van der Waals surface area (Å²) in [5.74, 6) is 0. The lowest BCUT2D eigenvalue weighted by atomic mass is 10.2. The second-order valence-corrected chi connectivity index (χ2v) is 4.56. The minimum atomic E-state index is -0.683. The highest BCUT2D eigenvalue weighted by Gasteiger charge is 2.17. The van der Waals surface area contributed by atoms with E-state index in [0.717, 1.165) is 0 Å². The second-order valence-electron chi connectivity index (χ2n) is 4.56. The summed E-state index contributed by atoms with van der Waals surface area (Å²) in [5, 5.41) is 13.8. The monoisotopic (exact) mass is 247 g/mol. The molecule has 0 spiro atoms. The number of nitrogens with one attached hydrogen (secondary N) is 1. The molecule has 0 saturated heterocycles. The van der Waals surface area contributed by atoms with E-state index in [-0.39, 0.29) is 11.4 Å². The normalized spacial score (nSPS) is 10.3. The summed E-state index contributed by atoms with van der Waals surface area (Å²) >= 11 is 0. The van der Waals surface area contributed by atoms with E-state index in [1.54, 1.807) is 20.8 Å². The first-order valence-corrected chi connectivity index (χ1v) is 5.23. The van der Waals surface area contributed by atoms with Gasteiger partial charge in [-0.2, -0.15) is 5.26 Å². The smallest absolute Gasteiger partial charge is 0.412 e. The summed E-state index contributed by atoms with van der Waals surface area (Å²) in [6, 6.07) is 6.07. The lowest BCUT2D eigenvalue weighted by molar-refractivity contribution is 0.0636. The summed E-state index contributed by atoms with van der Waals surface area (Å²) in [4.78, 5) is 22.1. The zero-order valence-electron chi connectivity index (χ0n) is 10.4. The minimum Gasteiger partial charge on any atom is -0.444 e. The van der Waals surface area contributed by atoms with Crippen LogP contribution in [0.25, 0.3) is 0 Å². The Balaban J connectivity index is 2.88. The molecular weight excluding hydrogens is 234 g/mol. The Morgan fingerprint density at radius 2 is 2.11 bits per heavy atom. The van der Waals surface area contributed by atoms with Gasteiger partial charge in [0.25, 0.3) is 0 Å². The van der Waals surface area contributed by atoms with Crippen molar-refractivity contribution in [2.45, 2.75) is 26.4 Å². The summed E-state index contributed by atoms with van der Waals surface area (Å²) in [7, 11) is 0. The molecule has 6 nitrogen and oxygen atoms in total. The molecule has 0 fully saturated rings. The second kappa shape index (κ2) is 5.27. The number of hydrogen-bond donors (Lipinski definition) is 1. The molecule has 0 aliphatic heterocycles. The van der Waals surface area contributed by atoms with Gasteiger partial charge in [0.15, 0.2) is 0 Å². The number of nitriles is 1. The number of carbonyl (C=O) groups excluding carboxylic acids is 1. The van der Waals surface area contributed by atoms with Crippen molar-refractivity contribution in [3.63, 3.8) is 0 Å². The lowest BCUT2D eigenvalue weighted by Crippen LogP contribution is -2.27. The molecule has 0 unspecified atom stereocenters. The maximum atomic E-state index is 11.5. The maximum absolute atomic E-state index is 11.5. The van der Waals surface area contributed by atoms with Gasteiger partial charge in [-0.15, -0.1) is 4.91 Å². The molecule has 1 rings (SSSR count). The third-order valence-electron chi connectivity index (χ3n) is 1.86. The van der Waals surface area contributed by atoms with Gasteiger partial charge in [-0.1, -0.05) is 0 Å². The third kappa shape index (κ3) is 3.87. The Bertz CT molecular complexity index is 512. The van der Waals surface area contributed by atoms with E-state index in [0.29, 0.717) is 5.56 Å². The van der Waals surface area contributed by atoms with Crippen molar-refractivity contribution in [3.8, 4) is 6.07 Å². The van der Waals surface area contributed by atoms with E-state index in [9.17, 15) is 9.70 Å². The first-order chi connectivity index (χ1) is 8.35. The highest BCUT2D eigenvalue weighted by Crippen LogP contribution is 2.26. The van der Waals surface area contributed by atoms with Crippen molar-refractivity contribution in [1.29, 1.82) is 5.26 Å². The van der Waals surface area contributed by atoms with Gasteiger partial charge in [0.1, 0.15) is 11.3 Å². The van der Waals surface area contributed by atoms with Crippen molar-refractivity contribution >= 4 is 17.5 Å². The van der Waals surface area contributed by atoms with Crippen LogP contribution in [0.1, 0.15) is 26.3 Å². The Morgan fingerprint density at radius 1 is 1.44 bits per heavy atom. The van der Waals surface area contributed by atoms with Crippen LogP contribution in [-0.2, 0) is 4.74 Å². The molecule has 94 valence electrons. The first-order valence-electron chi connectivity index (χ1n) is 5.23. The van der Waals surface area contributed by atoms with Crippen LogP contribution in [-0.4, -0.2) is 11.7 Å². The number of benzene rings is 1. The van der Waals surface area contributed by atoms with E-state index in [1.165, 1.54) is 18.2 Å². The van der Waals surface area contributed by atoms with Crippen molar-refractivity contribution < 1.29 is 9.53 Å². The van der Waals surface area contributed by atoms with Crippen LogP contribution in [0.2, 0.25) is 0 Å². The fourth-order valence-corrected chi connectivity index (χ4v) is 1.20. The van der Waals surface area contributed by atoms with Crippen LogP contribution in [0, 0.1) is 16.2 Å². The van der Waals surface area contributed by atoms with Crippen molar-refractivity contribution in [1.82, 2.24) is 0 Å². The molecule has 0 heterocycles. The van der Waals surface area contributed by atoms with Crippen LogP contribution in [0.5, 0.6) is 0 Å². The summed E-state index contributed by atoms with van der Waals surface area (Å²) in [6.45, 7) is 5.18. The third-order valence-corrected chi connectivity index (χ3v) is 1.86. The number of nitrogens with zero attached hydrogens (tertiary/aromatic N) is 2. The van der Waals surface area contributed by atoms with Gasteiger partial charge in [0, 0.05) is 0 Å². The summed E-state index contributed by atoms with van der Waals surface area (Å²) in [5.41, 5.74) is -0.150. The highest BCUT2D eigenvalue weighted by atomic mass is 16.6. The number of amides is 1. The number of nitroso groups, excluding NO2 is 1. The highest BCUT2D eigenvalue weighted by molar-refractivity contribution is 5.89. The summed E-state index contributed by atoms with van der Waals surface area (Å²) in [6.07, 6.45) is -0.683. The Labute approximate surface area is 105 Å². The zero-order valence-corrected chi connectivity index (χ0v) is 10.4. The van der Waals surface area contributed by atoms with E-state index in [2.05, 4.69) is 10.5 Å². The molecular formula is C12H13N3O3. The molecule has 0 aliphatic rings. The molecule has 0 atom stereocenters. The average molecular weight is 247 g/mol. The molecule has 0 aliphatic carbocycles.